The van der Waals surface area contributed by atoms with E-state index in [9.17, 15) is 0 Å². The Labute approximate surface area is 134 Å². The molecule has 0 atom stereocenters. The number of hydrogen-bond donors (Lipinski definition) is 1. The van der Waals surface area contributed by atoms with Gasteiger partial charge in [-0.05, 0) is 60.7 Å². The van der Waals surface area contributed by atoms with Gasteiger partial charge < -0.3 is 5.32 Å². The summed E-state index contributed by atoms with van der Waals surface area (Å²) in [4.78, 5) is 4.27. The lowest BCUT2D eigenvalue weighted by molar-refractivity contribution is 1.54. The molecule has 0 saturated carbocycles. The Morgan fingerprint density at radius 2 is 1.38 bits per heavy atom. The summed E-state index contributed by atoms with van der Waals surface area (Å²) in [6.45, 7) is 0. The maximum Gasteiger partial charge on any atom is 0.0630 e. The van der Waals surface area contributed by atoms with E-state index in [0.29, 0.717) is 5.02 Å². The summed E-state index contributed by atoms with van der Waals surface area (Å²) in [5.41, 5.74) is 1.85. The number of nitrogens with one attached hydrogen (secondary N) is 1. The predicted molar refractivity (Wildman–Crippen MR) is 93.0 cm³/mol. The van der Waals surface area contributed by atoms with Gasteiger partial charge >= 0.3 is 0 Å². The van der Waals surface area contributed by atoms with Crippen LogP contribution in [0.25, 0.3) is 0 Å². The molecule has 21 heavy (non-hydrogen) atoms. The molecule has 0 aliphatic rings. The van der Waals surface area contributed by atoms with Gasteiger partial charge in [-0.1, -0.05) is 29.3 Å². The number of rotatable bonds is 5. The molecule has 0 saturated heterocycles. The Hall–Kier alpha value is -2.03. The number of hydrogen-bond acceptors (Lipinski definition) is 2. The molecule has 1 N–H and O–H groups in total. The fraction of sp³-hybridized carbons (Fsp3) is 0. The first-order chi connectivity index (χ1) is 10.2. The van der Waals surface area contributed by atoms with E-state index >= 15 is 0 Å². The number of aliphatic imine (C=N–C) groups is 1. The van der Waals surface area contributed by atoms with Crippen LogP contribution in [0.2, 0.25) is 10.0 Å². The van der Waals surface area contributed by atoms with Gasteiger partial charge in [0.1, 0.15) is 0 Å². The Morgan fingerprint density at radius 3 is 2.05 bits per heavy atom. The van der Waals surface area contributed by atoms with Gasteiger partial charge in [0.2, 0.25) is 0 Å². The van der Waals surface area contributed by atoms with Crippen molar-refractivity contribution < 1.29 is 0 Å². The molecule has 0 aliphatic carbocycles. The molecular weight excluding hydrogens is 303 g/mol. The molecule has 0 bridgehead atoms. The van der Waals surface area contributed by atoms with Crippen LogP contribution in [0.5, 0.6) is 0 Å². The minimum Gasteiger partial charge on any atom is -0.362 e. The molecule has 0 unspecified atom stereocenters. The van der Waals surface area contributed by atoms with E-state index < -0.39 is 0 Å². The third-order valence-corrected chi connectivity index (χ3v) is 3.05. The molecule has 2 aromatic carbocycles. The van der Waals surface area contributed by atoms with Crippen molar-refractivity contribution in [3.05, 3.63) is 83.0 Å². The summed E-state index contributed by atoms with van der Waals surface area (Å²) in [6.07, 6.45) is 9.21. The third kappa shape index (κ3) is 5.86. The topological polar surface area (TPSA) is 24.4 Å². The van der Waals surface area contributed by atoms with Crippen molar-refractivity contribution in [1.29, 1.82) is 0 Å². The smallest absolute Gasteiger partial charge is 0.0630 e. The molecule has 0 spiro atoms. The SMILES string of the molecule is Clc1ccc(N=C/C=C/C=C/Nc2ccc(Cl)cc2)cc1. The van der Waals surface area contributed by atoms with Gasteiger partial charge in [-0.3, -0.25) is 4.99 Å². The first kappa shape index (κ1) is 15.4. The first-order valence-corrected chi connectivity index (χ1v) is 7.13. The zero-order chi connectivity index (χ0) is 14.9. The van der Waals surface area contributed by atoms with Gasteiger partial charge in [-0.2, -0.15) is 0 Å². The van der Waals surface area contributed by atoms with Gasteiger partial charge in [0, 0.05) is 28.1 Å². The highest BCUT2D eigenvalue weighted by Gasteiger charge is 1.88. The van der Waals surface area contributed by atoms with Gasteiger partial charge in [0.25, 0.3) is 0 Å². The molecule has 2 nitrogen and oxygen atoms in total. The molecule has 0 fully saturated rings. The van der Waals surface area contributed by atoms with Crippen molar-refractivity contribution in [3.8, 4) is 0 Å². The fourth-order valence-corrected chi connectivity index (χ4v) is 1.77. The van der Waals surface area contributed by atoms with E-state index in [0.717, 1.165) is 16.4 Å². The molecule has 0 aromatic heterocycles. The zero-order valence-electron chi connectivity index (χ0n) is 11.2. The van der Waals surface area contributed by atoms with E-state index in [2.05, 4.69) is 10.3 Å². The average Bonchev–Trinajstić information content (AvgIpc) is 2.50. The van der Waals surface area contributed by atoms with Crippen LogP contribution in [0, 0.1) is 0 Å². The maximum absolute atomic E-state index is 5.81. The summed E-state index contributed by atoms with van der Waals surface area (Å²) in [5, 5.41) is 4.57. The number of anilines is 1. The molecule has 0 heterocycles. The molecule has 0 amide bonds. The monoisotopic (exact) mass is 316 g/mol. The number of halogens is 2. The number of nitrogens with zero attached hydrogens (tertiary/aromatic N) is 1. The van der Waals surface area contributed by atoms with Crippen molar-refractivity contribution >= 4 is 40.8 Å². The summed E-state index contributed by atoms with van der Waals surface area (Å²) in [5.74, 6) is 0. The molecule has 2 rings (SSSR count). The molecule has 0 aliphatic heterocycles. The standard InChI is InChI=1S/C17H14Cl2N2/c18-14-4-8-16(9-5-14)20-12-2-1-3-13-21-17-10-6-15(19)7-11-17/h1-13,20H/b3-1+,12-2+,21-13?. The van der Waals surface area contributed by atoms with E-state index in [-0.39, 0.29) is 0 Å². The number of allylic oxidation sites excluding steroid dienone is 3. The van der Waals surface area contributed by atoms with Crippen LogP contribution in [-0.2, 0) is 0 Å². The average molecular weight is 317 g/mol. The molecule has 2 aromatic rings. The summed E-state index contributed by atoms with van der Waals surface area (Å²) >= 11 is 11.6. The summed E-state index contributed by atoms with van der Waals surface area (Å²) in [6, 6.07) is 14.9. The van der Waals surface area contributed by atoms with Crippen LogP contribution in [0.3, 0.4) is 0 Å². The second kappa shape index (κ2) is 8.30. The highest BCUT2D eigenvalue weighted by atomic mass is 35.5. The molecular formula is C17H14Cl2N2. The minimum atomic E-state index is 0.709. The second-order valence-corrected chi connectivity index (χ2v) is 5.02. The van der Waals surface area contributed by atoms with Crippen LogP contribution in [-0.4, -0.2) is 6.21 Å². The lowest BCUT2D eigenvalue weighted by Crippen LogP contribution is -1.85. The van der Waals surface area contributed by atoms with Crippen LogP contribution in [0.15, 0.2) is 78.0 Å². The van der Waals surface area contributed by atoms with E-state index in [1.165, 1.54) is 0 Å². The zero-order valence-corrected chi connectivity index (χ0v) is 12.7. The minimum absolute atomic E-state index is 0.709. The van der Waals surface area contributed by atoms with Crippen molar-refractivity contribution in [2.45, 2.75) is 0 Å². The van der Waals surface area contributed by atoms with Crippen LogP contribution < -0.4 is 5.32 Å². The Morgan fingerprint density at radius 1 is 0.762 bits per heavy atom. The van der Waals surface area contributed by atoms with Gasteiger partial charge in [-0.25, -0.2) is 0 Å². The highest BCUT2D eigenvalue weighted by molar-refractivity contribution is 6.30. The van der Waals surface area contributed by atoms with Gasteiger partial charge in [0.05, 0.1) is 5.69 Å². The summed E-state index contributed by atoms with van der Waals surface area (Å²) < 4.78 is 0. The Kier molecular flexibility index (Phi) is 6.07. The second-order valence-electron chi connectivity index (χ2n) is 4.15. The molecule has 4 heteroatoms. The normalized spacial score (nSPS) is 11.7. The van der Waals surface area contributed by atoms with E-state index in [1.54, 1.807) is 6.21 Å². The largest absolute Gasteiger partial charge is 0.362 e. The van der Waals surface area contributed by atoms with Crippen LogP contribution in [0.4, 0.5) is 11.4 Å². The van der Waals surface area contributed by atoms with Gasteiger partial charge in [0.15, 0.2) is 0 Å². The van der Waals surface area contributed by atoms with Crippen molar-refractivity contribution in [3.63, 3.8) is 0 Å². The van der Waals surface area contributed by atoms with Crippen molar-refractivity contribution in [2.75, 3.05) is 5.32 Å². The molecule has 106 valence electrons. The first-order valence-electron chi connectivity index (χ1n) is 6.37. The van der Waals surface area contributed by atoms with Gasteiger partial charge in [-0.15, -0.1) is 0 Å². The Balaban J connectivity index is 1.78. The number of benzene rings is 2. The lowest BCUT2D eigenvalue weighted by Gasteiger charge is -1.98. The van der Waals surface area contributed by atoms with Crippen molar-refractivity contribution in [1.82, 2.24) is 0 Å². The summed E-state index contributed by atoms with van der Waals surface area (Å²) in [7, 11) is 0. The van der Waals surface area contributed by atoms with Crippen LogP contribution in [0.1, 0.15) is 0 Å². The fourth-order valence-electron chi connectivity index (χ4n) is 1.52. The van der Waals surface area contributed by atoms with E-state index in [4.69, 9.17) is 23.2 Å². The highest BCUT2D eigenvalue weighted by Crippen LogP contribution is 2.15. The predicted octanol–water partition coefficient (Wildman–Crippen LogP) is 5.88. The Bertz CT molecular complexity index is 641. The third-order valence-electron chi connectivity index (χ3n) is 2.55. The van der Waals surface area contributed by atoms with Crippen LogP contribution >= 0.6 is 23.2 Å². The van der Waals surface area contributed by atoms with E-state index in [1.807, 2.05) is 73.0 Å². The maximum atomic E-state index is 5.81. The quantitative estimate of drug-likeness (QED) is 0.540. The molecule has 0 radical (unpaired) electrons. The lowest BCUT2D eigenvalue weighted by atomic mass is 10.3. The van der Waals surface area contributed by atoms with Crippen molar-refractivity contribution in [2.24, 2.45) is 4.99 Å².